The van der Waals surface area contributed by atoms with Crippen molar-refractivity contribution < 1.29 is 4.79 Å². The van der Waals surface area contributed by atoms with E-state index in [-0.39, 0.29) is 5.91 Å². The Hall–Kier alpha value is -2.73. The minimum absolute atomic E-state index is 0.208. The van der Waals surface area contributed by atoms with Gasteiger partial charge < -0.3 is 5.32 Å². The molecule has 0 aliphatic heterocycles. The second kappa shape index (κ2) is 6.41. The monoisotopic (exact) mass is 341 g/mol. The summed E-state index contributed by atoms with van der Waals surface area (Å²) >= 11 is 5.82. The molecule has 0 bridgehead atoms. The fourth-order valence-electron chi connectivity index (χ4n) is 2.37. The predicted octanol–water partition coefficient (Wildman–Crippen LogP) is 3.49. The van der Waals surface area contributed by atoms with Gasteiger partial charge in [-0.05, 0) is 56.7 Å². The highest BCUT2D eigenvalue weighted by molar-refractivity contribution is 6.29. The van der Waals surface area contributed by atoms with Crippen molar-refractivity contribution in [3.05, 3.63) is 64.5 Å². The molecule has 0 spiro atoms. The molecule has 1 aromatic carbocycles. The molecule has 0 aliphatic carbocycles. The van der Waals surface area contributed by atoms with Crippen LogP contribution >= 0.6 is 11.6 Å². The van der Waals surface area contributed by atoms with Gasteiger partial charge in [-0.2, -0.15) is 5.10 Å². The number of nitrogens with zero attached hydrogens (tertiary/aromatic N) is 4. The standard InChI is InChI=1S/C17H16ClN5O/c1-10-8-16(18)19-9-15(10)21-17(24)13-4-6-14(7-5-13)23-12(3)20-11(2)22-23/h4-9H,1-3H3,(H,21,24). The molecular weight excluding hydrogens is 326 g/mol. The molecule has 24 heavy (non-hydrogen) atoms. The van der Waals surface area contributed by atoms with Crippen LogP contribution in [0.1, 0.15) is 27.6 Å². The first-order valence-corrected chi connectivity index (χ1v) is 7.76. The minimum Gasteiger partial charge on any atom is -0.320 e. The second-order valence-corrected chi connectivity index (χ2v) is 5.83. The summed E-state index contributed by atoms with van der Waals surface area (Å²) in [5.41, 5.74) is 2.89. The fraction of sp³-hybridized carbons (Fsp3) is 0.176. The average Bonchev–Trinajstić information content (AvgIpc) is 2.88. The maximum absolute atomic E-state index is 12.4. The van der Waals surface area contributed by atoms with Crippen LogP contribution in [-0.2, 0) is 0 Å². The maximum atomic E-state index is 12.4. The molecule has 6 nitrogen and oxygen atoms in total. The van der Waals surface area contributed by atoms with Gasteiger partial charge in [0.15, 0.2) is 0 Å². The number of hydrogen-bond acceptors (Lipinski definition) is 4. The molecule has 0 atom stereocenters. The van der Waals surface area contributed by atoms with E-state index < -0.39 is 0 Å². The van der Waals surface area contributed by atoms with E-state index in [9.17, 15) is 4.79 Å². The Morgan fingerprint density at radius 1 is 1.17 bits per heavy atom. The van der Waals surface area contributed by atoms with Crippen molar-refractivity contribution in [1.82, 2.24) is 19.7 Å². The van der Waals surface area contributed by atoms with Gasteiger partial charge in [-0.15, -0.1) is 0 Å². The number of anilines is 1. The summed E-state index contributed by atoms with van der Waals surface area (Å²) < 4.78 is 1.74. The molecule has 0 saturated heterocycles. The first-order chi connectivity index (χ1) is 11.4. The molecule has 7 heteroatoms. The quantitative estimate of drug-likeness (QED) is 0.740. The summed E-state index contributed by atoms with van der Waals surface area (Å²) in [4.78, 5) is 20.6. The Morgan fingerprint density at radius 2 is 1.88 bits per heavy atom. The van der Waals surface area contributed by atoms with Crippen LogP contribution in [0.5, 0.6) is 0 Å². The van der Waals surface area contributed by atoms with E-state index >= 15 is 0 Å². The zero-order valence-corrected chi connectivity index (χ0v) is 14.3. The number of benzene rings is 1. The fourth-order valence-corrected chi connectivity index (χ4v) is 2.58. The molecule has 1 N–H and O–H groups in total. The Labute approximate surface area is 144 Å². The van der Waals surface area contributed by atoms with E-state index in [2.05, 4.69) is 20.4 Å². The molecular formula is C17H16ClN5O. The summed E-state index contributed by atoms with van der Waals surface area (Å²) in [5, 5.41) is 7.56. The third kappa shape index (κ3) is 3.28. The molecule has 2 heterocycles. The van der Waals surface area contributed by atoms with Crippen LogP contribution < -0.4 is 5.32 Å². The molecule has 0 saturated carbocycles. The van der Waals surface area contributed by atoms with Crippen LogP contribution in [0.4, 0.5) is 5.69 Å². The number of carbonyl (C=O) groups excluding carboxylic acids is 1. The van der Waals surface area contributed by atoms with E-state index in [1.807, 2.05) is 32.9 Å². The van der Waals surface area contributed by atoms with E-state index in [0.717, 1.165) is 17.1 Å². The van der Waals surface area contributed by atoms with Crippen LogP contribution in [-0.4, -0.2) is 25.7 Å². The van der Waals surface area contributed by atoms with Crippen LogP contribution in [0.25, 0.3) is 5.69 Å². The SMILES string of the molecule is Cc1nc(C)n(-c2ccc(C(=O)Nc3cnc(Cl)cc3C)cc2)n1. The van der Waals surface area contributed by atoms with Gasteiger partial charge in [-0.25, -0.2) is 14.6 Å². The minimum atomic E-state index is -0.208. The van der Waals surface area contributed by atoms with Crippen molar-refractivity contribution in [3.63, 3.8) is 0 Å². The van der Waals surface area contributed by atoms with Crippen LogP contribution in [0, 0.1) is 20.8 Å². The van der Waals surface area contributed by atoms with Gasteiger partial charge in [0, 0.05) is 5.56 Å². The number of aryl methyl sites for hydroxylation is 3. The van der Waals surface area contributed by atoms with Gasteiger partial charge >= 0.3 is 0 Å². The zero-order chi connectivity index (χ0) is 17.3. The smallest absolute Gasteiger partial charge is 0.255 e. The summed E-state index contributed by atoms with van der Waals surface area (Å²) in [5.74, 6) is 1.30. The third-order valence-electron chi connectivity index (χ3n) is 3.57. The summed E-state index contributed by atoms with van der Waals surface area (Å²) in [6.07, 6.45) is 1.55. The number of aromatic nitrogens is 4. The largest absolute Gasteiger partial charge is 0.320 e. The van der Waals surface area contributed by atoms with Crippen molar-refractivity contribution in [2.75, 3.05) is 5.32 Å². The average molecular weight is 342 g/mol. The number of nitrogens with one attached hydrogen (secondary N) is 1. The Kier molecular flexibility index (Phi) is 4.31. The molecule has 122 valence electrons. The van der Waals surface area contributed by atoms with E-state index in [4.69, 9.17) is 11.6 Å². The number of hydrogen-bond donors (Lipinski definition) is 1. The molecule has 3 rings (SSSR count). The molecule has 0 radical (unpaired) electrons. The van der Waals surface area contributed by atoms with Crippen LogP contribution in [0.3, 0.4) is 0 Å². The molecule has 0 fully saturated rings. The molecule has 0 unspecified atom stereocenters. The lowest BCUT2D eigenvalue weighted by molar-refractivity contribution is 0.102. The zero-order valence-electron chi connectivity index (χ0n) is 13.5. The summed E-state index contributed by atoms with van der Waals surface area (Å²) in [6.45, 7) is 5.59. The van der Waals surface area contributed by atoms with Crippen molar-refractivity contribution in [3.8, 4) is 5.69 Å². The van der Waals surface area contributed by atoms with Gasteiger partial charge in [0.2, 0.25) is 0 Å². The van der Waals surface area contributed by atoms with Gasteiger partial charge in [-0.3, -0.25) is 4.79 Å². The topological polar surface area (TPSA) is 72.7 Å². The lowest BCUT2D eigenvalue weighted by Crippen LogP contribution is -2.13. The lowest BCUT2D eigenvalue weighted by Gasteiger charge is -2.09. The Balaban J connectivity index is 1.80. The van der Waals surface area contributed by atoms with E-state index in [1.54, 1.807) is 29.1 Å². The summed E-state index contributed by atoms with van der Waals surface area (Å²) in [7, 11) is 0. The molecule has 2 aromatic heterocycles. The van der Waals surface area contributed by atoms with Crippen molar-refractivity contribution in [1.29, 1.82) is 0 Å². The Morgan fingerprint density at radius 3 is 2.46 bits per heavy atom. The van der Waals surface area contributed by atoms with Crippen molar-refractivity contribution in [2.45, 2.75) is 20.8 Å². The highest BCUT2D eigenvalue weighted by Crippen LogP contribution is 2.18. The number of amides is 1. The number of carbonyl (C=O) groups is 1. The highest BCUT2D eigenvalue weighted by atomic mass is 35.5. The molecule has 0 aliphatic rings. The highest BCUT2D eigenvalue weighted by Gasteiger charge is 2.10. The number of halogens is 1. The lowest BCUT2D eigenvalue weighted by atomic mass is 10.2. The molecule has 1 amide bonds. The Bertz CT molecular complexity index is 902. The molecule has 3 aromatic rings. The van der Waals surface area contributed by atoms with Gasteiger partial charge in [0.25, 0.3) is 5.91 Å². The summed E-state index contributed by atoms with van der Waals surface area (Å²) in [6, 6.07) is 8.88. The third-order valence-corrected chi connectivity index (χ3v) is 3.78. The normalized spacial score (nSPS) is 10.7. The van der Waals surface area contributed by atoms with Crippen molar-refractivity contribution >= 4 is 23.2 Å². The predicted molar refractivity (Wildman–Crippen MR) is 92.8 cm³/mol. The van der Waals surface area contributed by atoms with E-state index in [0.29, 0.717) is 22.2 Å². The van der Waals surface area contributed by atoms with Gasteiger partial charge in [0.05, 0.1) is 17.6 Å². The van der Waals surface area contributed by atoms with Gasteiger partial charge in [0.1, 0.15) is 16.8 Å². The number of pyridine rings is 1. The van der Waals surface area contributed by atoms with Crippen molar-refractivity contribution in [2.24, 2.45) is 0 Å². The second-order valence-electron chi connectivity index (χ2n) is 5.44. The van der Waals surface area contributed by atoms with Crippen LogP contribution in [0.15, 0.2) is 36.5 Å². The van der Waals surface area contributed by atoms with Gasteiger partial charge in [-0.1, -0.05) is 11.6 Å². The van der Waals surface area contributed by atoms with E-state index in [1.165, 1.54) is 0 Å². The van der Waals surface area contributed by atoms with Crippen LogP contribution in [0.2, 0.25) is 5.15 Å². The first kappa shape index (κ1) is 16.1. The first-order valence-electron chi connectivity index (χ1n) is 7.38. The number of rotatable bonds is 3. The maximum Gasteiger partial charge on any atom is 0.255 e.